The molecule has 3 nitrogen and oxygen atoms in total. The maximum Gasteiger partial charge on any atom is 0.0459 e. The largest absolute Gasteiger partial charge is 0.372 e. The first kappa shape index (κ1) is 20.4. The summed E-state index contributed by atoms with van der Waals surface area (Å²) in [5.41, 5.74) is 10.2. The second-order valence-corrected chi connectivity index (χ2v) is 8.62. The van der Waals surface area contributed by atoms with Crippen LogP contribution in [-0.4, -0.2) is 23.1 Å². The molecule has 0 fully saturated rings. The van der Waals surface area contributed by atoms with Crippen LogP contribution in [0, 0.1) is 13.8 Å². The Balaban J connectivity index is 1.77. The van der Waals surface area contributed by atoms with Gasteiger partial charge in [0.05, 0.1) is 0 Å². The first-order valence-corrected chi connectivity index (χ1v) is 11.6. The molecule has 0 saturated carbocycles. The zero-order valence-corrected chi connectivity index (χ0v) is 19.4. The normalized spacial score (nSPS) is 11.7. The lowest BCUT2D eigenvalue weighted by atomic mass is 9.82. The van der Waals surface area contributed by atoms with E-state index < -0.39 is 0 Å². The standard InChI is InChI=1S/C29H31N3/c1-5-32(6-2)22-17-15-21(16-18-22)29(27-19(3)30-25-13-9-7-11-23(25)27)28-20(4)31-26-14-10-8-12-24(26)28/h7-18,29-31H,5-6H2,1-4H3. The van der Waals surface area contributed by atoms with Crippen LogP contribution in [0.2, 0.25) is 0 Å². The maximum atomic E-state index is 3.64. The second kappa shape index (κ2) is 8.23. The number of hydrogen-bond acceptors (Lipinski definition) is 1. The highest BCUT2D eigenvalue weighted by molar-refractivity contribution is 5.90. The van der Waals surface area contributed by atoms with E-state index in [0.29, 0.717) is 0 Å². The minimum Gasteiger partial charge on any atom is -0.372 e. The average molecular weight is 422 g/mol. The molecule has 2 aromatic heterocycles. The number of hydrogen-bond donors (Lipinski definition) is 2. The van der Waals surface area contributed by atoms with Gasteiger partial charge in [-0.05, 0) is 68.7 Å². The van der Waals surface area contributed by atoms with Gasteiger partial charge in [-0.3, -0.25) is 0 Å². The van der Waals surface area contributed by atoms with Crippen molar-refractivity contribution in [1.29, 1.82) is 0 Å². The molecule has 0 aliphatic heterocycles. The molecule has 2 N–H and O–H groups in total. The van der Waals surface area contributed by atoms with Gasteiger partial charge >= 0.3 is 0 Å². The lowest BCUT2D eigenvalue weighted by Crippen LogP contribution is -2.21. The molecule has 0 spiro atoms. The van der Waals surface area contributed by atoms with Crippen LogP contribution in [-0.2, 0) is 0 Å². The molecule has 3 heteroatoms. The SMILES string of the molecule is CCN(CC)c1ccc(C(c2c(C)[nH]c3ccccc23)c2c(C)[nH]c3ccccc23)cc1. The summed E-state index contributed by atoms with van der Waals surface area (Å²) in [6.45, 7) is 10.9. The molecule has 3 aromatic carbocycles. The average Bonchev–Trinajstić information content (AvgIpc) is 3.32. The van der Waals surface area contributed by atoms with Gasteiger partial charge in [0.2, 0.25) is 0 Å². The number of aromatic nitrogens is 2. The second-order valence-electron chi connectivity index (χ2n) is 8.62. The van der Waals surface area contributed by atoms with E-state index in [2.05, 4.69) is 115 Å². The van der Waals surface area contributed by atoms with Crippen molar-refractivity contribution in [2.45, 2.75) is 33.6 Å². The van der Waals surface area contributed by atoms with E-state index in [4.69, 9.17) is 0 Å². The van der Waals surface area contributed by atoms with E-state index in [1.807, 2.05) is 0 Å². The third kappa shape index (κ3) is 3.29. The summed E-state index contributed by atoms with van der Waals surface area (Å²) in [5, 5.41) is 2.60. The number of benzene rings is 3. The Kier molecular flexibility index (Phi) is 5.26. The minimum absolute atomic E-state index is 0.146. The fourth-order valence-electron chi connectivity index (χ4n) is 5.28. The van der Waals surface area contributed by atoms with Crippen LogP contribution in [0.5, 0.6) is 0 Å². The van der Waals surface area contributed by atoms with Gasteiger partial charge in [0.25, 0.3) is 0 Å². The summed E-state index contributed by atoms with van der Waals surface area (Å²) in [5.74, 6) is 0.146. The number of aryl methyl sites for hydroxylation is 2. The lowest BCUT2D eigenvalue weighted by molar-refractivity contribution is 0.864. The number of para-hydroxylation sites is 2. The van der Waals surface area contributed by atoms with Crippen LogP contribution >= 0.6 is 0 Å². The summed E-state index contributed by atoms with van der Waals surface area (Å²) < 4.78 is 0. The van der Waals surface area contributed by atoms with E-state index in [1.54, 1.807) is 0 Å². The van der Waals surface area contributed by atoms with Gasteiger partial charge in [0.15, 0.2) is 0 Å². The number of rotatable bonds is 6. The third-order valence-corrected chi connectivity index (χ3v) is 6.82. The predicted octanol–water partition coefficient (Wildman–Crippen LogP) is 7.29. The van der Waals surface area contributed by atoms with E-state index in [9.17, 15) is 0 Å². The first-order valence-electron chi connectivity index (χ1n) is 11.6. The van der Waals surface area contributed by atoms with Crippen LogP contribution in [0.3, 0.4) is 0 Å². The van der Waals surface area contributed by atoms with Gasteiger partial charge in [-0.15, -0.1) is 0 Å². The fourth-order valence-corrected chi connectivity index (χ4v) is 5.28. The van der Waals surface area contributed by atoms with Crippen molar-refractivity contribution in [2.75, 3.05) is 18.0 Å². The van der Waals surface area contributed by atoms with Gasteiger partial charge in [-0.1, -0.05) is 48.5 Å². The van der Waals surface area contributed by atoms with Crippen molar-refractivity contribution in [3.05, 3.63) is 101 Å². The molecule has 0 aliphatic carbocycles. The molecule has 0 radical (unpaired) electrons. The molecule has 0 aliphatic rings. The van der Waals surface area contributed by atoms with Crippen LogP contribution in [0.1, 0.15) is 47.8 Å². The van der Waals surface area contributed by atoms with Crippen molar-refractivity contribution in [2.24, 2.45) is 0 Å². The molecule has 2 heterocycles. The van der Waals surface area contributed by atoms with Gasteiger partial charge in [-0.25, -0.2) is 0 Å². The maximum absolute atomic E-state index is 3.64. The number of nitrogens with zero attached hydrogens (tertiary/aromatic N) is 1. The Labute approximate surface area is 190 Å². The monoisotopic (exact) mass is 421 g/mol. The van der Waals surface area contributed by atoms with Crippen molar-refractivity contribution >= 4 is 27.5 Å². The Hall–Kier alpha value is -3.46. The number of aromatic amines is 2. The molecular weight excluding hydrogens is 390 g/mol. The Bertz CT molecular complexity index is 1290. The van der Waals surface area contributed by atoms with Crippen LogP contribution in [0.25, 0.3) is 21.8 Å². The summed E-state index contributed by atoms with van der Waals surface area (Å²) in [4.78, 5) is 9.67. The zero-order valence-electron chi connectivity index (χ0n) is 19.4. The Morgan fingerprint density at radius 2 is 1.12 bits per heavy atom. The van der Waals surface area contributed by atoms with E-state index in [1.165, 1.54) is 55.6 Å². The van der Waals surface area contributed by atoms with E-state index in [-0.39, 0.29) is 5.92 Å². The molecule has 5 rings (SSSR count). The summed E-state index contributed by atoms with van der Waals surface area (Å²) in [6, 6.07) is 26.5. The summed E-state index contributed by atoms with van der Waals surface area (Å²) >= 11 is 0. The number of H-pyrrole nitrogens is 2. The minimum atomic E-state index is 0.146. The lowest BCUT2D eigenvalue weighted by Gasteiger charge is -2.24. The molecule has 0 bridgehead atoms. The van der Waals surface area contributed by atoms with Crippen LogP contribution in [0.4, 0.5) is 5.69 Å². The van der Waals surface area contributed by atoms with Gasteiger partial charge in [-0.2, -0.15) is 0 Å². The molecule has 0 atom stereocenters. The smallest absolute Gasteiger partial charge is 0.0459 e. The Morgan fingerprint density at radius 3 is 1.59 bits per heavy atom. The molecule has 162 valence electrons. The molecular formula is C29H31N3. The van der Waals surface area contributed by atoms with Gasteiger partial charge in [0, 0.05) is 57.9 Å². The van der Waals surface area contributed by atoms with Gasteiger partial charge in [0.1, 0.15) is 0 Å². The zero-order chi connectivity index (χ0) is 22.2. The van der Waals surface area contributed by atoms with Crippen molar-refractivity contribution < 1.29 is 0 Å². The quantitative estimate of drug-likeness (QED) is 0.296. The first-order chi connectivity index (χ1) is 15.6. The highest BCUT2D eigenvalue weighted by Crippen LogP contribution is 2.42. The van der Waals surface area contributed by atoms with Gasteiger partial charge < -0.3 is 14.9 Å². The highest BCUT2D eigenvalue weighted by Gasteiger charge is 2.27. The van der Waals surface area contributed by atoms with Crippen molar-refractivity contribution in [1.82, 2.24) is 9.97 Å². The molecule has 32 heavy (non-hydrogen) atoms. The third-order valence-electron chi connectivity index (χ3n) is 6.82. The van der Waals surface area contributed by atoms with Crippen molar-refractivity contribution in [3.63, 3.8) is 0 Å². The summed E-state index contributed by atoms with van der Waals surface area (Å²) in [7, 11) is 0. The van der Waals surface area contributed by atoms with E-state index >= 15 is 0 Å². The summed E-state index contributed by atoms with van der Waals surface area (Å²) in [6.07, 6.45) is 0. The number of fused-ring (bicyclic) bond motifs is 2. The van der Waals surface area contributed by atoms with Crippen molar-refractivity contribution in [3.8, 4) is 0 Å². The predicted molar refractivity (Wildman–Crippen MR) is 137 cm³/mol. The van der Waals surface area contributed by atoms with Crippen LogP contribution < -0.4 is 4.90 Å². The topological polar surface area (TPSA) is 34.8 Å². The molecule has 0 saturated heterocycles. The Morgan fingerprint density at radius 1 is 0.656 bits per heavy atom. The molecule has 5 aromatic rings. The van der Waals surface area contributed by atoms with E-state index in [0.717, 1.165) is 13.1 Å². The number of nitrogens with one attached hydrogen (secondary N) is 2. The highest BCUT2D eigenvalue weighted by atomic mass is 15.1. The van der Waals surface area contributed by atoms with Crippen LogP contribution in [0.15, 0.2) is 72.8 Å². The fraction of sp³-hybridized carbons (Fsp3) is 0.241. The molecule has 0 amide bonds. The molecule has 0 unspecified atom stereocenters. The number of anilines is 1.